The van der Waals surface area contributed by atoms with E-state index in [1.807, 2.05) is 36.1 Å². The van der Waals surface area contributed by atoms with E-state index in [0.717, 1.165) is 31.6 Å². The second kappa shape index (κ2) is 7.29. The second-order valence-corrected chi connectivity index (χ2v) is 7.04. The van der Waals surface area contributed by atoms with Gasteiger partial charge in [0.25, 0.3) is 0 Å². The summed E-state index contributed by atoms with van der Waals surface area (Å²) in [5.74, 6) is 0.541. The SMILES string of the molecule is Cc1nn(C)c(C)c1CCNC(=O)N1CCC(C)C(n2ccnc2)C1. The average molecular weight is 344 g/mol. The first-order valence-electron chi connectivity index (χ1n) is 8.96. The predicted octanol–water partition coefficient (Wildman–Crippen LogP) is 2.07. The first-order chi connectivity index (χ1) is 12.0. The third-order valence-electron chi connectivity index (χ3n) is 5.42. The summed E-state index contributed by atoms with van der Waals surface area (Å²) < 4.78 is 4.01. The molecule has 7 heteroatoms. The van der Waals surface area contributed by atoms with Gasteiger partial charge >= 0.3 is 6.03 Å². The molecule has 2 atom stereocenters. The van der Waals surface area contributed by atoms with Crippen LogP contribution in [0.4, 0.5) is 4.79 Å². The number of aromatic nitrogens is 4. The Bertz CT molecular complexity index is 720. The van der Waals surface area contributed by atoms with E-state index in [-0.39, 0.29) is 6.03 Å². The molecule has 7 nitrogen and oxygen atoms in total. The molecule has 0 radical (unpaired) electrons. The number of carbonyl (C=O) groups excluding carboxylic acids is 1. The lowest BCUT2D eigenvalue weighted by Gasteiger charge is -2.37. The molecule has 1 N–H and O–H groups in total. The molecule has 3 heterocycles. The Morgan fingerprint density at radius 2 is 2.20 bits per heavy atom. The Morgan fingerprint density at radius 3 is 2.84 bits per heavy atom. The summed E-state index contributed by atoms with van der Waals surface area (Å²) in [7, 11) is 1.95. The minimum atomic E-state index is 0.0243. The summed E-state index contributed by atoms with van der Waals surface area (Å²) >= 11 is 0. The van der Waals surface area contributed by atoms with E-state index >= 15 is 0 Å². The van der Waals surface area contributed by atoms with Crippen LogP contribution in [0.15, 0.2) is 18.7 Å². The fraction of sp³-hybridized carbons (Fsp3) is 0.611. The van der Waals surface area contributed by atoms with E-state index in [9.17, 15) is 4.79 Å². The molecule has 2 unspecified atom stereocenters. The first kappa shape index (κ1) is 17.5. The number of hydrogen-bond acceptors (Lipinski definition) is 3. The molecule has 0 bridgehead atoms. The normalized spacial score (nSPS) is 20.7. The summed E-state index contributed by atoms with van der Waals surface area (Å²) in [6.45, 7) is 8.50. The van der Waals surface area contributed by atoms with Gasteiger partial charge in [0.15, 0.2) is 0 Å². The Balaban J connectivity index is 1.54. The molecule has 0 saturated carbocycles. The van der Waals surface area contributed by atoms with Crippen LogP contribution in [-0.4, -0.2) is 49.9 Å². The van der Waals surface area contributed by atoms with E-state index in [1.165, 1.54) is 11.3 Å². The number of likely N-dealkylation sites (tertiary alicyclic amines) is 1. The van der Waals surface area contributed by atoms with Crippen molar-refractivity contribution in [3.05, 3.63) is 35.7 Å². The first-order valence-corrected chi connectivity index (χ1v) is 8.96. The number of hydrogen-bond donors (Lipinski definition) is 1. The van der Waals surface area contributed by atoms with E-state index in [2.05, 4.69) is 33.8 Å². The molecule has 1 aliphatic heterocycles. The monoisotopic (exact) mass is 344 g/mol. The Kier molecular flexibility index (Phi) is 5.11. The summed E-state index contributed by atoms with van der Waals surface area (Å²) in [4.78, 5) is 18.6. The number of carbonyl (C=O) groups is 1. The standard InChI is InChI=1S/C18H28N6O/c1-13-6-9-23(11-17(13)24-10-8-19-12-24)18(25)20-7-5-16-14(2)21-22(4)15(16)3/h8,10,12-13,17H,5-7,9,11H2,1-4H3,(H,20,25). The van der Waals surface area contributed by atoms with Crippen LogP contribution < -0.4 is 5.32 Å². The highest BCUT2D eigenvalue weighted by Gasteiger charge is 2.29. The molecule has 1 fully saturated rings. The predicted molar refractivity (Wildman–Crippen MR) is 96.4 cm³/mol. The molecule has 0 aliphatic carbocycles. The number of piperidine rings is 1. The molecule has 0 aromatic carbocycles. The maximum absolute atomic E-state index is 12.6. The van der Waals surface area contributed by atoms with Gasteiger partial charge in [0, 0.05) is 44.8 Å². The zero-order chi connectivity index (χ0) is 18.0. The molecule has 2 amide bonds. The fourth-order valence-corrected chi connectivity index (χ4v) is 3.67. The average Bonchev–Trinajstić information content (AvgIpc) is 3.19. The summed E-state index contributed by atoms with van der Waals surface area (Å²) in [5, 5.41) is 7.50. The minimum absolute atomic E-state index is 0.0243. The molecule has 2 aromatic heterocycles. The number of amides is 2. The lowest BCUT2D eigenvalue weighted by Crippen LogP contribution is -2.48. The van der Waals surface area contributed by atoms with Crippen LogP contribution in [0.3, 0.4) is 0 Å². The Morgan fingerprint density at radius 1 is 1.40 bits per heavy atom. The van der Waals surface area contributed by atoms with Gasteiger partial charge in [0.05, 0.1) is 18.1 Å². The molecule has 2 aromatic rings. The van der Waals surface area contributed by atoms with Crippen LogP contribution in [0.2, 0.25) is 0 Å². The lowest BCUT2D eigenvalue weighted by atomic mass is 9.93. The van der Waals surface area contributed by atoms with Crippen molar-refractivity contribution >= 4 is 6.03 Å². The topological polar surface area (TPSA) is 68.0 Å². The van der Waals surface area contributed by atoms with Gasteiger partial charge in [-0.15, -0.1) is 0 Å². The molecule has 3 rings (SSSR count). The van der Waals surface area contributed by atoms with Crippen LogP contribution >= 0.6 is 0 Å². The number of imidazole rings is 1. The Hall–Kier alpha value is -2.31. The van der Waals surface area contributed by atoms with Crippen LogP contribution in [0.1, 0.15) is 36.3 Å². The highest BCUT2D eigenvalue weighted by molar-refractivity contribution is 5.74. The summed E-state index contributed by atoms with van der Waals surface area (Å²) in [6, 6.07) is 0.320. The third-order valence-corrected chi connectivity index (χ3v) is 5.42. The zero-order valence-corrected chi connectivity index (χ0v) is 15.6. The van der Waals surface area contributed by atoms with Crippen molar-refractivity contribution in [2.75, 3.05) is 19.6 Å². The van der Waals surface area contributed by atoms with Crippen LogP contribution in [0.25, 0.3) is 0 Å². The zero-order valence-electron chi connectivity index (χ0n) is 15.6. The molecule has 1 aliphatic rings. The molecule has 25 heavy (non-hydrogen) atoms. The molecule has 1 saturated heterocycles. The van der Waals surface area contributed by atoms with Gasteiger partial charge in [-0.2, -0.15) is 5.10 Å². The van der Waals surface area contributed by atoms with Gasteiger partial charge in [0.2, 0.25) is 0 Å². The quantitative estimate of drug-likeness (QED) is 0.923. The fourth-order valence-electron chi connectivity index (χ4n) is 3.67. The number of urea groups is 1. The van der Waals surface area contributed by atoms with Gasteiger partial charge in [-0.25, -0.2) is 9.78 Å². The highest BCUT2D eigenvalue weighted by Crippen LogP contribution is 2.27. The summed E-state index contributed by atoms with van der Waals surface area (Å²) in [5.41, 5.74) is 3.44. The van der Waals surface area contributed by atoms with E-state index in [1.54, 1.807) is 6.20 Å². The minimum Gasteiger partial charge on any atom is -0.338 e. The maximum Gasteiger partial charge on any atom is 0.317 e. The van der Waals surface area contributed by atoms with E-state index < -0.39 is 0 Å². The van der Waals surface area contributed by atoms with Crippen LogP contribution in [-0.2, 0) is 13.5 Å². The van der Waals surface area contributed by atoms with Gasteiger partial charge in [0.1, 0.15) is 0 Å². The van der Waals surface area contributed by atoms with E-state index in [4.69, 9.17) is 0 Å². The van der Waals surface area contributed by atoms with Crippen molar-refractivity contribution in [3.63, 3.8) is 0 Å². The maximum atomic E-state index is 12.6. The summed E-state index contributed by atoms with van der Waals surface area (Å²) in [6.07, 6.45) is 7.45. The lowest BCUT2D eigenvalue weighted by molar-refractivity contribution is 0.140. The Labute approximate surface area is 149 Å². The third kappa shape index (κ3) is 3.70. The van der Waals surface area contributed by atoms with Crippen LogP contribution in [0.5, 0.6) is 0 Å². The van der Waals surface area contributed by atoms with Gasteiger partial charge in [-0.1, -0.05) is 6.92 Å². The number of nitrogens with one attached hydrogen (secondary N) is 1. The molecular weight excluding hydrogens is 316 g/mol. The van der Waals surface area contributed by atoms with Crippen molar-refractivity contribution in [2.24, 2.45) is 13.0 Å². The number of rotatable bonds is 4. The van der Waals surface area contributed by atoms with Crippen LogP contribution in [0, 0.1) is 19.8 Å². The number of aryl methyl sites for hydroxylation is 2. The van der Waals surface area contributed by atoms with Crippen molar-refractivity contribution in [2.45, 2.75) is 39.7 Å². The second-order valence-electron chi connectivity index (χ2n) is 7.04. The van der Waals surface area contributed by atoms with Gasteiger partial charge in [-0.05, 0) is 38.2 Å². The van der Waals surface area contributed by atoms with Gasteiger partial charge < -0.3 is 14.8 Å². The highest BCUT2D eigenvalue weighted by atomic mass is 16.2. The largest absolute Gasteiger partial charge is 0.338 e. The van der Waals surface area contributed by atoms with Crippen molar-refractivity contribution in [3.8, 4) is 0 Å². The van der Waals surface area contributed by atoms with Crippen molar-refractivity contribution in [1.82, 2.24) is 29.5 Å². The smallest absolute Gasteiger partial charge is 0.317 e. The van der Waals surface area contributed by atoms with E-state index in [0.29, 0.717) is 18.5 Å². The molecule has 136 valence electrons. The van der Waals surface area contributed by atoms with Gasteiger partial charge in [-0.3, -0.25) is 4.68 Å². The molecular formula is C18H28N6O. The number of nitrogens with zero attached hydrogens (tertiary/aromatic N) is 5. The molecule has 0 spiro atoms. The van der Waals surface area contributed by atoms with Crippen molar-refractivity contribution < 1.29 is 4.79 Å². The van der Waals surface area contributed by atoms with Crippen molar-refractivity contribution in [1.29, 1.82) is 0 Å².